The van der Waals surface area contributed by atoms with Crippen molar-refractivity contribution in [1.82, 2.24) is 9.97 Å². The van der Waals surface area contributed by atoms with Crippen LogP contribution in [0.3, 0.4) is 0 Å². The molecule has 2 aromatic rings. The summed E-state index contributed by atoms with van der Waals surface area (Å²) in [5.41, 5.74) is 4.08. The van der Waals surface area contributed by atoms with Crippen molar-refractivity contribution in [3.8, 4) is 0 Å². The van der Waals surface area contributed by atoms with Crippen LogP contribution in [0.15, 0.2) is 12.1 Å². The largest absolute Gasteiger partial charge is 0.392 e. The Kier molecular flexibility index (Phi) is 3.20. The number of hydrogen-bond donors (Lipinski definition) is 2. The third-order valence-corrected chi connectivity index (χ3v) is 3.14. The molecule has 92 valence electrons. The highest BCUT2D eigenvalue weighted by atomic mass is 16.3. The van der Waals surface area contributed by atoms with Gasteiger partial charge in [-0.3, -0.25) is 0 Å². The van der Waals surface area contributed by atoms with Crippen LogP contribution >= 0.6 is 0 Å². The highest BCUT2D eigenvalue weighted by molar-refractivity contribution is 5.80. The quantitative estimate of drug-likeness (QED) is 0.853. The third-order valence-electron chi connectivity index (χ3n) is 3.14. The molecule has 0 spiro atoms. The normalized spacial score (nSPS) is 11.9. The number of fused-ring (bicyclic) bond motifs is 1. The average molecular weight is 232 g/mol. The molecule has 0 fully saturated rings. The van der Waals surface area contributed by atoms with Gasteiger partial charge in [0.1, 0.15) is 5.82 Å². The number of nitrogens with zero attached hydrogens (tertiary/aromatic N) is 1. The lowest BCUT2D eigenvalue weighted by atomic mass is 9.96. The number of benzene rings is 1. The lowest BCUT2D eigenvalue weighted by molar-refractivity contribution is 0.281. The number of rotatable bonds is 3. The van der Waals surface area contributed by atoms with Crippen molar-refractivity contribution in [1.29, 1.82) is 0 Å². The highest BCUT2D eigenvalue weighted by Crippen LogP contribution is 2.27. The molecular weight excluding hydrogens is 212 g/mol. The molecule has 0 saturated heterocycles. The predicted molar refractivity (Wildman–Crippen MR) is 70.2 cm³/mol. The summed E-state index contributed by atoms with van der Waals surface area (Å²) in [6, 6.07) is 4.14. The van der Waals surface area contributed by atoms with E-state index in [0.29, 0.717) is 11.8 Å². The first-order chi connectivity index (χ1) is 8.04. The van der Waals surface area contributed by atoms with Crippen LogP contribution in [0, 0.1) is 0 Å². The number of aliphatic hydroxyl groups is 1. The number of aliphatic hydroxyl groups excluding tert-OH is 1. The van der Waals surface area contributed by atoms with E-state index in [2.05, 4.69) is 49.8 Å². The second kappa shape index (κ2) is 4.49. The zero-order valence-electron chi connectivity index (χ0n) is 10.9. The van der Waals surface area contributed by atoms with Gasteiger partial charge in [-0.25, -0.2) is 4.98 Å². The summed E-state index contributed by atoms with van der Waals surface area (Å²) in [6.07, 6.45) is 0. The first-order valence-electron chi connectivity index (χ1n) is 6.16. The fourth-order valence-electron chi connectivity index (χ4n) is 2.15. The molecule has 2 N–H and O–H groups in total. The van der Waals surface area contributed by atoms with Crippen molar-refractivity contribution in [2.75, 3.05) is 0 Å². The van der Waals surface area contributed by atoms with Crippen LogP contribution in [0.2, 0.25) is 0 Å². The molecule has 0 atom stereocenters. The molecule has 3 nitrogen and oxygen atoms in total. The van der Waals surface area contributed by atoms with Gasteiger partial charge < -0.3 is 10.1 Å². The van der Waals surface area contributed by atoms with E-state index in [1.807, 2.05) is 0 Å². The van der Waals surface area contributed by atoms with Crippen LogP contribution in [0.1, 0.15) is 56.5 Å². The number of nitrogens with one attached hydrogen (secondary N) is 1. The van der Waals surface area contributed by atoms with Crippen molar-refractivity contribution >= 4 is 11.0 Å². The highest BCUT2D eigenvalue weighted by Gasteiger charge is 2.14. The van der Waals surface area contributed by atoms with Crippen LogP contribution < -0.4 is 0 Å². The van der Waals surface area contributed by atoms with Gasteiger partial charge in [-0.15, -0.1) is 0 Å². The molecular formula is C14H20N2O. The monoisotopic (exact) mass is 232 g/mol. The Morgan fingerprint density at radius 2 is 1.88 bits per heavy atom. The van der Waals surface area contributed by atoms with Gasteiger partial charge in [-0.1, -0.05) is 33.8 Å². The predicted octanol–water partition coefficient (Wildman–Crippen LogP) is 3.30. The van der Waals surface area contributed by atoms with E-state index in [1.165, 1.54) is 5.56 Å². The summed E-state index contributed by atoms with van der Waals surface area (Å²) in [5, 5.41) is 9.56. The van der Waals surface area contributed by atoms with E-state index in [9.17, 15) is 5.11 Å². The van der Waals surface area contributed by atoms with E-state index in [4.69, 9.17) is 0 Å². The second-order valence-corrected chi connectivity index (χ2v) is 5.12. The van der Waals surface area contributed by atoms with Crippen molar-refractivity contribution in [3.63, 3.8) is 0 Å². The van der Waals surface area contributed by atoms with Crippen molar-refractivity contribution in [3.05, 3.63) is 29.1 Å². The van der Waals surface area contributed by atoms with Gasteiger partial charge in [0, 0.05) is 11.5 Å². The summed E-state index contributed by atoms with van der Waals surface area (Å²) in [7, 11) is 0. The molecule has 0 aliphatic rings. The van der Waals surface area contributed by atoms with E-state index in [-0.39, 0.29) is 6.61 Å². The minimum atomic E-state index is 0.0489. The molecule has 17 heavy (non-hydrogen) atoms. The molecule has 0 radical (unpaired) electrons. The molecule has 1 heterocycles. The maximum absolute atomic E-state index is 9.56. The number of H-pyrrole nitrogens is 1. The van der Waals surface area contributed by atoms with Crippen LogP contribution in [-0.2, 0) is 6.61 Å². The van der Waals surface area contributed by atoms with Crippen LogP contribution in [0.5, 0.6) is 0 Å². The molecule has 0 unspecified atom stereocenters. The van der Waals surface area contributed by atoms with Gasteiger partial charge in [0.15, 0.2) is 0 Å². The van der Waals surface area contributed by atoms with Crippen LogP contribution in [0.4, 0.5) is 0 Å². The molecule has 3 heteroatoms. The molecule has 1 aromatic heterocycles. The van der Waals surface area contributed by atoms with Gasteiger partial charge >= 0.3 is 0 Å². The van der Waals surface area contributed by atoms with Crippen LogP contribution in [-0.4, -0.2) is 15.1 Å². The Bertz CT molecular complexity index is 526. The molecule has 0 amide bonds. The fraction of sp³-hybridized carbons (Fsp3) is 0.500. The van der Waals surface area contributed by atoms with Crippen molar-refractivity contribution in [2.24, 2.45) is 0 Å². The zero-order valence-corrected chi connectivity index (χ0v) is 10.9. The number of imidazole rings is 1. The SMILES string of the molecule is CC(C)c1nc2c(CO)c(C(C)C)ccc2[nH]1. The first-order valence-corrected chi connectivity index (χ1v) is 6.16. The molecule has 0 saturated carbocycles. The molecule has 0 aliphatic carbocycles. The molecule has 2 rings (SSSR count). The van der Waals surface area contributed by atoms with E-state index in [1.54, 1.807) is 0 Å². The average Bonchev–Trinajstić information content (AvgIpc) is 2.70. The van der Waals surface area contributed by atoms with Gasteiger partial charge in [-0.05, 0) is 17.5 Å². The lowest BCUT2D eigenvalue weighted by Crippen LogP contribution is -1.97. The summed E-state index contributed by atoms with van der Waals surface area (Å²) < 4.78 is 0. The Morgan fingerprint density at radius 1 is 1.18 bits per heavy atom. The minimum Gasteiger partial charge on any atom is -0.392 e. The first kappa shape index (κ1) is 12.1. The Hall–Kier alpha value is -1.35. The Labute approximate surface area is 102 Å². The van der Waals surface area contributed by atoms with E-state index in [0.717, 1.165) is 22.4 Å². The van der Waals surface area contributed by atoms with Crippen molar-refractivity contribution < 1.29 is 5.11 Å². The number of aromatic amines is 1. The molecule has 0 aliphatic heterocycles. The number of aromatic nitrogens is 2. The second-order valence-electron chi connectivity index (χ2n) is 5.12. The Morgan fingerprint density at radius 3 is 2.41 bits per heavy atom. The summed E-state index contributed by atoms with van der Waals surface area (Å²) >= 11 is 0. The zero-order chi connectivity index (χ0) is 12.6. The summed E-state index contributed by atoms with van der Waals surface area (Å²) in [5.74, 6) is 1.76. The summed E-state index contributed by atoms with van der Waals surface area (Å²) in [4.78, 5) is 7.92. The fourth-order valence-corrected chi connectivity index (χ4v) is 2.15. The van der Waals surface area contributed by atoms with Gasteiger partial charge in [0.25, 0.3) is 0 Å². The maximum Gasteiger partial charge on any atom is 0.109 e. The summed E-state index contributed by atoms with van der Waals surface area (Å²) in [6.45, 7) is 8.54. The number of hydrogen-bond acceptors (Lipinski definition) is 2. The van der Waals surface area contributed by atoms with E-state index < -0.39 is 0 Å². The topological polar surface area (TPSA) is 48.9 Å². The van der Waals surface area contributed by atoms with Gasteiger partial charge in [0.05, 0.1) is 17.6 Å². The third kappa shape index (κ3) is 2.07. The minimum absolute atomic E-state index is 0.0489. The lowest BCUT2D eigenvalue weighted by Gasteiger charge is -2.10. The van der Waals surface area contributed by atoms with E-state index >= 15 is 0 Å². The standard InChI is InChI=1S/C14H20N2O/c1-8(2)10-5-6-12-13(11(10)7-17)16-14(15-12)9(3)4/h5-6,8-9,17H,7H2,1-4H3,(H,15,16). The Balaban J connectivity index is 2.68. The van der Waals surface area contributed by atoms with Crippen molar-refractivity contribution in [2.45, 2.75) is 46.1 Å². The molecule has 0 bridgehead atoms. The van der Waals surface area contributed by atoms with Gasteiger partial charge in [0.2, 0.25) is 0 Å². The van der Waals surface area contributed by atoms with Gasteiger partial charge in [-0.2, -0.15) is 0 Å². The molecule has 1 aromatic carbocycles. The van der Waals surface area contributed by atoms with Crippen LogP contribution in [0.25, 0.3) is 11.0 Å². The smallest absolute Gasteiger partial charge is 0.109 e. The maximum atomic E-state index is 9.56.